The van der Waals surface area contributed by atoms with Gasteiger partial charge in [0, 0.05) is 6.42 Å². The van der Waals surface area contributed by atoms with Crippen LogP contribution in [0.4, 0.5) is 0 Å². The van der Waals surface area contributed by atoms with E-state index in [1.165, 1.54) is 0 Å². The van der Waals surface area contributed by atoms with Crippen molar-refractivity contribution in [2.24, 2.45) is 5.92 Å². The van der Waals surface area contributed by atoms with Crippen molar-refractivity contribution in [2.45, 2.75) is 19.4 Å². The fourth-order valence-corrected chi connectivity index (χ4v) is 3.10. The number of hydrogen-bond donors (Lipinski definition) is 1. The van der Waals surface area contributed by atoms with E-state index in [1.807, 2.05) is 54.6 Å². The second-order valence-corrected chi connectivity index (χ2v) is 6.35. The molecule has 4 rings (SSSR count). The number of benzene rings is 2. The van der Waals surface area contributed by atoms with Crippen molar-refractivity contribution in [1.29, 1.82) is 0 Å². The van der Waals surface area contributed by atoms with Gasteiger partial charge in [-0.05, 0) is 43.1 Å². The molecule has 1 aliphatic rings. The van der Waals surface area contributed by atoms with Crippen molar-refractivity contribution in [2.75, 3.05) is 13.1 Å². The number of ether oxygens (including phenoxy) is 1. The molecule has 1 fully saturated rings. The lowest BCUT2D eigenvalue weighted by Crippen LogP contribution is -2.10. The molecule has 3 aromatic rings. The van der Waals surface area contributed by atoms with Gasteiger partial charge in [-0.1, -0.05) is 47.6 Å². The fraction of sp³-hybridized carbons (Fsp3) is 0.300. The van der Waals surface area contributed by atoms with Gasteiger partial charge in [-0.15, -0.1) is 0 Å². The van der Waals surface area contributed by atoms with E-state index >= 15 is 0 Å². The third-order valence-corrected chi connectivity index (χ3v) is 4.46. The number of aromatic nitrogens is 2. The van der Waals surface area contributed by atoms with Gasteiger partial charge in [0.05, 0.1) is 5.56 Å². The topological polar surface area (TPSA) is 60.2 Å². The summed E-state index contributed by atoms with van der Waals surface area (Å²) < 4.78 is 11.4. The first kappa shape index (κ1) is 15.8. The SMILES string of the molecule is c1ccc(COc2ccccc2-c2noc(CC3CCNC3)n2)cc1. The Kier molecular flexibility index (Phi) is 4.74. The fourth-order valence-electron chi connectivity index (χ4n) is 3.10. The van der Waals surface area contributed by atoms with E-state index in [0.29, 0.717) is 24.2 Å². The average molecular weight is 335 g/mol. The van der Waals surface area contributed by atoms with Gasteiger partial charge in [-0.2, -0.15) is 4.98 Å². The molecule has 1 aromatic heterocycles. The summed E-state index contributed by atoms with van der Waals surface area (Å²) in [6.07, 6.45) is 1.99. The Morgan fingerprint density at radius 3 is 2.76 bits per heavy atom. The van der Waals surface area contributed by atoms with E-state index in [1.54, 1.807) is 0 Å². The number of nitrogens with zero attached hydrogens (tertiary/aromatic N) is 2. The first-order valence-electron chi connectivity index (χ1n) is 8.68. The molecular weight excluding hydrogens is 314 g/mol. The van der Waals surface area contributed by atoms with E-state index in [9.17, 15) is 0 Å². The van der Waals surface area contributed by atoms with Crippen molar-refractivity contribution < 1.29 is 9.26 Å². The summed E-state index contributed by atoms with van der Waals surface area (Å²) in [4.78, 5) is 4.57. The van der Waals surface area contributed by atoms with Crippen LogP contribution in [0.25, 0.3) is 11.4 Å². The molecule has 5 heteroatoms. The van der Waals surface area contributed by atoms with Gasteiger partial charge in [0.15, 0.2) is 0 Å². The maximum absolute atomic E-state index is 5.99. The van der Waals surface area contributed by atoms with Crippen LogP contribution in [0, 0.1) is 5.92 Å². The summed E-state index contributed by atoms with van der Waals surface area (Å²) in [5.74, 6) is 2.63. The molecule has 0 radical (unpaired) electrons. The zero-order valence-electron chi connectivity index (χ0n) is 14.0. The molecule has 1 saturated heterocycles. The normalized spacial score (nSPS) is 16.9. The van der Waals surface area contributed by atoms with E-state index in [2.05, 4.69) is 15.5 Å². The maximum Gasteiger partial charge on any atom is 0.227 e. The highest BCUT2D eigenvalue weighted by Gasteiger charge is 2.19. The standard InChI is InChI=1S/C20H21N3O2/c1-2-6-15(7-3-1)14-24-18-9-5-4-8-17(18)20-22-19(25-23-20)12-16-10-11-21-13-16/h1-9,16,21H,10-14H2. The van der Waals surface area contributed by atoms with Crippen LogP contribution < -0.4 is 10.1 Å². The Balaban J connectivity index is 1.49. The second kappa shape index (κ2) is 7.49. The molecule has 5 nitrogen and oxygen atoms in total. The van der Waals surface area contributed by atoms with Crippen molar-refractivity contribution >= 4 is 0 Å². The highest BCUT2D eigenvalue weighted by Crippen LogP contribution is 2.28. The van der Waals surface area contributed by atoms with Gasteiger partial charge in [-0.25, -0.2) is 0 Å². The highest BCUT2D eigenvalue weighted by molar-refractivity contribution is 5.63. The molecule has 1 atom stereocenters. The molecule has 1 N–H and O–H groups in total. The summed E-state index contributed by atoms with van der Waals surface area (Å²) in [6.45, 7) is 2.60. The van der Waals surface area contributed by atoms with Gasteiger partial charge in [-0.3, -0.25) is 0 Å². The molecule has 0 aliphatic carbocycles. The van der Waals surface area contributed by atoms with Crippen molar-refractivity contribution in [3.8, 4) is 17.1 Å². The molecule has 2 heterocycles. The van der Waals surface area contributed by atoms with Crippen molar-refractivity contribution in [1.82, 2.24) is 15.5 Å². The quantitative estimate of drug-likeness (QED) is 0.747. The minimum atomic E-state index is 0.510. The highest BCUT2D eigenvalue weighted by atomic mass is 16.5. The zero-order chi connectivity index (χ0) is 16.9. The molecule has 128 valence electrons. The van der Waals surface area contributed by atoms with E-state index in [0.717, 1.165) is 42.8 Å². The van der Waals surface area contributed by atoms with Crippen LogP contribution >= 0.6 is 0 Å². The van der Waals surface area contributed by atoms with Gasteiger partial charge >= 0.3 is 0 Å². The zero-order valence-corrected chi connectivity index (χ0v) is 14.0. The largest absolute Gasteiger partial charge is 0.488 e. The second-order valence-electron chi connectivity index (χ2n) is 6.35. The maximum atomic E-state index is 5.99. The smallest absolute Gasteiger partial charge is 0.227 e. The summed E-state index contributed by atoms with van der Waals surface area (Å²) in [5, 5.41) is 7.52. The third kappa shape index (κ3) is 3.88. The molecule has 0 amide bonds. The summed E-state index contributed by atoms with van der Waals surface area (Å²) in [5.41, 5.74) is 1.98. The lowest BCUT2D eigenvalue weighted by atomic mass is 10.1. The monoisotopic (exact) mass is 335 g/mol. The van der Waals surface area contributed by atoms with Crippen LogP contribution in [0.3, 0.4) is 0 Å². The Morgan fingerprint density at radius 1 is 1.08 bits per heavy atom. The van der Waals surface area contributed by atoms with Crippen LogP contribution in [-0.2, 0) is 13.0 Å². The molecule has 25 heavy (non-hydrogen) atoms. The number of para-hydroxylation sites is 1. The van der Waals surface area contributed by atoms with Crippen LogP contribution in [-0.4, -0.2) is 23.2 Å². The molecule has 1 unspecified atom stereocenters. The Morgan fingerprint density at radius 2 is 1.92 bits per heavy atom. The Hall–Kier alpha value is -2.66. The predicted molar refractivity (Wildman–Crippen MR) is 95.2 cm³/mol. The Bertz CT molecular complexity index is 811. The lowest BCUT2D eigenvalue weighted by Gasteiger charge is -2.09. The number of hydrogen-bond acceptors (Lipinski definition) is 5. The van der Waals surface area contributed by atoms with E-state index in [4.69, 9.17) is 9.26 Å². The summed E-state index contributed by atoms with van der Waals surface area (Å²) in [6, 6.07) is 17.9. The molecule has 0 spiro atoms. The van der Waals surface area contributed by atoms with Crippen molar-refractivity contribution in [3.05, 3.63) is 66.1 Å². The first-order valence-corrected chi connectivity index (χ1v) is 8.68. The van der Waals surface area contributed by atoms with Crippen LogP contribution in [0.5, 0.6) is 5.75 Å². The molecule has 1 aliphatic heterocycles. The molecule has 2 aromatic carbocycles. The first-order chi connectivity index (χ1) is 12.4. The van der Waals surface area contributed by atoms with Crippen molar-refractivity contribution in [3.63, 3.8) is 0 Å². The molecule has 0 saturated carbocycles. The number of nitrogens with one attached hydrogen (secondary N) is 1. The summed E-state index contributed by atoms with van der Waals surface area (Å²) >= 11 is 0. The summed E-state index contributed by atoms with van der Waals surface area (Å²) in [7, 11) is 0. The number of rotatable bonds is 6. The van der Waals surface area contributed by atoms with E-state index in [-0.39, 0.29) is 0 Å². The van der Waals surface area contributed by atoms with Crippen LogP contribution in [0.15, 0.2) is 59.1 Å². The van der Waals surface area contributed by atoms with Gasteiger partial charge in [0.1, 0.15) is 12.4 Å². The molecular formula is C20H21N3O2. The lowest BCUT2D eigenvalue weighted by molar-refractivity contribution is 0.307. The van der Waals surface area contributed by atoms with E-state index < -0.39 is 0 Å². The third-order valence-electron chi connectivity index (χ3n) is 4.46. The van der Waals surface area contributed by atoms with Crippen LogP contribution in [0.2, 0.25) is 0 Å². The van der Waals surface area contributed by atoms with Gasteiger partial charge < -0.3 is 14.6 Å². The van der Waals surface area contributed by atoms with Gasteiger partial charge in [0.25, 0.3) is 0 Å². The Labute approximate surface area is 147 Å². The van der Waals surface area contributed by atoms with Gasteiger partial charge in [0.2, 0.25) is 11.7 Å². The average Bonchev–Trinajstić information content (AvgIpc) is 3.34. The minimum Gasteiger partial charge on any atom is -0.488 e. The van der Waals surface area contributed by atoms with Crippen LogP contribution in [0.1, 0.15) is 17.9 Å². The predicted octanol–water partition coefficient (Wildman–Crippen LogP) is 3.47. The minimum absolute atomic E-state index is 0.510. The molecule has 0 bridgehead atoms.